The van der Waals surface area contributed by atoms with Crippen LogP contribution in [0.5, 0.6) is 0 Å². The third kappa shape index (κ3) is 2.85. The third-order valence-corrected chi connectivity index (χ3v) is 5.95. The fourth-order valence-electron chi connectivity index (χ4n) is 4.36. The highest BCUT2D eigenvalue weighted by Gasteiger charge is 2.45. The van der Waals surface area contributed by atoms with Crippen LogP contribution in [0, 0.1) is 6.92 Å². The first kappa shape index (κ1) is 16.9. The molecule has 1 unspecified atom stereocenters. The van der Waals surface area contributed by atoms with Gasteiger partial charge >= 0.3 is 0 Å². The summed E-state index contributed by atoms with van der Waals surface area (Å²) in [6.45, 7) is 5.61. The Kier molecular flexibility index (Phi) is 4.01. The average Bonchev–Trinajstić information content (AvgIpc) is 3.41. The van der Waals surface area contributed by atoms with Crippen molar-refractivity contribution in [2.24, 2.45) is 0 Å². The van der Waals surface area contributed by atoms with Crippen molar-refractivity contribution in [2.75, 3.05) is 26.3 Å². The molecule has 0 N–H and O–H groups in total. The molecule has 0 radical (unpaired) electrons. The normalized spacial score (nSPS) is 25.9. The molecule has 2 fully saturated rings. The third-order valence-electron chi connectivity index (χ3n) is 5.95. The minimum Gasteiger partial charge on any atom is -0.448 e. The van der Waals surface area contributed by atoms with Gasteiger partial charge in [-0.25, -0.2) is 4.98 Å². The topological polar surface area (TPSA) is 95.5 Å². The van der Waals surface area contributed by atoms with Gasteiger partial charge in [-0.1, -0.05) is 0 Å². The lowest BCUT2D eigenvalue weighted by Gasteiger charge is -2.35. The quantitative estimate of drug-likeness (QED) is 0.782. The summed E-state index contributed by atoms with van der Waals surface area (Å²) < 4.78 is 19.1. The van der Waals surface area contributed by atoms with Crippen LogP contribution in [0.4, 0.5) is 0 Å². The van der Waals surface area contributed by atoms with Crippen molar-refractivity contribution in [2.45, 2.75) is 50.9 Å². The summed E-state index contributed by atoms with van der Waals surface area (Å²) in [6.07, 6.45) is 4.06. The van der Waals surface area contributed by atoms with E-state index in [0.29, 0.717) is 43.6 Å². The van der Waals surface area contributed by atoms with Crippen molar-refractivity contribution in [3.05, 3.63) is 29.5 Å². The number of oxazole rings is 1. The Morgan fingerprint density at radius 2 is 2.11 bits per heavy atom. The van der Waals surface area contributed by atoms with Crippen LogP contribution in [0.1, 0.15) is 53.1 Å². The van der Waals surface area contributed by atoms with Gasteiger partial charge in [0.15, 0.2) is 17.9 Å². The van der Waals surface area contributed by atoms with Gasteiger partial charge in [-0.3, -0.25) is 4.79 Å². The fourth-order valence-corrected chi connectivity index (χ4v) is 4.36. The molecule has 2 saturated heterocycles. The Bertz CT molecular complexity index is 856. The zero-order valence-electron chi connectivity index (χ0n) is 15.4. The predicted octanol–water partition coefficient (Wildman–Crippen LogP) is 1.28. The molecule has 27 heavy (non-hydrogen) atoms. The summed E-state index contributed by atoms with van der Waals surface area (Å²) >= 11 is 0. The standard InChI is InChI=1S/C18H23N5O4/c1-12-15(19-11-26-12)17(24)22-5-4-18(9-22)10-23-14(8-27-18)20-21-16(23)13-2-6-25-7-3-13/h11,13H,2-10H2,1H3. The SMILES string of the molecule is Cc1ocnc1C(=O)N1CCC2(C1)Cn1c(nnc1C1CCOCC1)CO2. The zero-order chi connectivity index (χ0) is 18.4. The number of amides is 1. The Hall–Kier alpha value is -2.26. The van der Waals surface area contributed by atoms with Crippen LogP contribution < -0.4 is 0 Å². The molecule has 144 valence electrons. The van der Waals surface area contributed by atoms with Crippen LogP contribution in [0.25, 0.3) is 0 Å². The number of aromatic nitrogens is 4. The number of carbonyl (C=O) groups is 1. The van der Waals surface area contributed by atoms with Gasteiger partial charge in [0.1, 0.15) is 23.8 Å². The van der Waals surface area contributed by atoms with Crippen molar-refractivity contribution in [1.29, 1.82) is 0 Å². The number of likely N-dealkylation sites (tertiary alicyclic amines) is 1. The number of fused-ring (bicyclic) bond motifs is 1. The number of hydrogen-bond donors (Lipinski definition) is 0. The first-order valence-corrected chi connectivity index (χ1v) is 9.48. The van der Waals surface area contributed by atoms with Crippen LogP contribution in [-0.2, 0) is 22.6 Å². The van der Waals surface area contributed by atoms with Crippen molar-refractivity contribution < 1.29 is 18.7 Å². The molecule has 1 atom stereocenters. The molecule has 2 aromatic heterocycles. The van der Waals surface area contributed by atoms with E-state index in [1.165, 1.54) is 6.39 Å². The summed E-state index contributed by atoms with van der Waals surface area (Å²) in [6, 6.07) is 0. The van der Waals surface area contributed by atoms with Crippen molar-refractivity contribution in [3.63, 3.8) is 0 Å². The van der Waals surface area contributed by atoms with Crippen LogP contribution in [0.15, 0.2) is 10.8 Å². The van der Waals surface area contributed by atoms with Crippen molar-refractivity contribution >= 4 is 5.91 Å². The minimum absolute atomic E-state index is 0.0964. The van der Waals surface area contributed by atoms with Gasteiger partial charge < -0.3 is 23.4 Å². The molecule has 0 saturated carbocycles. The van der Waals surface area contributed by atoms with Crippen LogP contribution in [0.3, 0.4) is 0 Å². The number of ether oxygens (including phenoxy) is 2. The van der Waals surface area contributed by atoms with Gasteiger partial charge in [0.2, 0.25) is 0 Å². The molecule has 0 aromatic carbocycles. The molecule has 0 bridgehead atoms. The van der Waals surface area contributed by atoms with Gasteiger partial charge in [0.25, 0.3) is 5.91 Å². The second kappa shape index (κ2) is 6.42. The lowest BCUT2D eigenvalue weighted by Crippen LogP contribution is -2.45. The summed E-state index contributed by atoms with van der Waals surface area (Å²) in [4.78, 5) is 18.6. The number of hydrogen-bond acceptors (Lipinski definition) is 7. The lowest BCUT2D eigenvalue weighted by atomic mass is 9.97. The summed E-state index contributed by atoms with van der Waals surface area (Å²) in [7, 11) is 0. The monoisotopic (exact) mass is 373 g/mol. The lowest BCUT2D eigenvalue weighted by molar-refractivity contribution is -0.0819. The highest BCUT2D eigenvalue weighted by atomic mass is 16.5. The van der Waals surface area contributed by atoms with E-state index in [2.05, 4.69) is 19.7 Å². The molecule has 0 aliphatic carbocycles. The van der Waals surface area contributed by atoms with Crippen molar-refractivity contribution in [1.82, 2.24) is 24.6 Å². The molecule has 3 aliphatic rings. The molecular formula is C18H23N5O4. The predicted molar refractivity (Wildman–Crippen MR) is 92.1 cm³/mol. The highest BCUT2D eigenvalue weighted by Crippen LogP contribution is 2.35. The van der Waals surface area contributed by atoms with E-state index >= 15 is 0 Å². The average molecular weight is 373 g/mol. The van der Waals surface area contributed by atoms with Gasteiger partial charge in [-0.2, -0.15) is 0 Å². The molecule has 2 aromatic rings. The summed E-state index contributed by atoms with van der Waals surface area (Å²) in [5.41, 5.74) is -0.00137. The number of rotatable bonds is 2. The second-order valence-corrected chi connectivity index (χ2v) is 7.65. The van der Waals surface area contributed by atoms with E-state index in [0.717, 1.165) is 44.1 Å². The molecular weight excluding hydrogens is 350 g/mol. The molecule has 1 amide bonds. The molecule has 1 spiro atoms. The van der Waals surface area contributed by atoms with Gasteiger partial charge in [0.05, 0.1) is 13.1 Å². The first-order valence-electron chi connectivity index (χ1n) is 9.48. The Labute approximate surface area is 156 Å². The Morgan fingerprint density at radius 3 is 2.89 bits per heavy atom. The van der Waals surface area contributed by atoms with Crippen LogP contribution in [-0.4, -0.2) is 62.5 Å². The largest absolute Gasteiger partial charge is 0.448 e. The van der Waals surface area contributed by atoms with E-state index in [1.807, 2.05) is 4.90 Å². The van der Waals surface area contributed by atoms with E-state index in [1.54, 1.807) is 6.92 Å². The van der Waals surface area contributed by atoms with E-state index in [9.17, 15) is 4.79 Å². The number of aryl methyl sites for hydroxylation is 1. The van der Waals surface area contributed by atoms with Crippen molar-refractivity contribution in [3.8, 4) is 0 Å². The maximum Gasteiger partial charge on any atom is 0.276 e. The smallest absolute Gasteiger partial charge is 0.276 e. The maximum absolute atomic E-state index is 12.8. The zero-order valence-corrected chi connectivity index (χ0v) is 15.4. The van der Waals surface area contributed by atoms with Gasteiger partial charge in [-0.15, -0.1) is 10.2 Å². The molecule has 5 heterocycles. The fraction of sp³-hybridized carbons (Fsp3) is 0.667. The number of carbonyl (C=O) groups excluding carboxylic acids is 1. The van der Waals surface area contributed by atoms with E-state index in [4.69, 9.17) is 13.9 Å². The van der Waals surface area contributed by atoms with Gasteiger partial charge in [0, 0.05) is 25.7 Å². The summed E-state index contributed by atoms with van der Waals surface area (Å²) in [5.74, 6) is 2.74. The highest BCUT2D eigenvalue weighted by molar-refractivity contribution is 5.93. The van der Waals surface area contributed by atoms with E-state index in [-0.39, 0.29) is 11.5 Å². The first-order chi connectivity index (χ1) is 13.2. The van der Waals surface area contributed by atoms with Crippen LogP contribution in [0.2, 0.25) is 0 Å². The molecule has 3 aliphatic heterocycles. The number of nitrogens with zero attached hydrogens (tertiary/aromatic N) is 5. The second-order valence-electron chi connectivity index (χ2n) is 7.65. The minimum atomic E-state index is -0.386. The maximum atomic E-state index is 12.8. The van der Waals surface area contributed by atoms with Gasteiger partial charge in [-0.05, 0) is 26.2 Å². The Balaban J connectivity index is 1.35. The molecule has 9 heteroatoms. The summed E-state index contributed by atoms with van der Waals surface area (Å²) in [5, 5.41) is 8.79. The molecule has 9 nitrogen and oxygen atoms in total. The van der Waals surface area contributed by atoms with E-state index < -0.39 is 0 Å². The molecule has 5 rings (SSSR count). The Morgan fingerprint density at radius 1 is 1.26 bits per heavy atom. The van der Waals surface area contributed by atoms with Crippen LogP contribution >= 0.6 is 0 Å².